The van der Waals surface area contributed by atoms with Crippen molar-refractivity contribution in [1.29, 1.82) is 0 Å². The molecule has 3 saturated carbocycles. The van der Waals surface area contributed by atoms with Crippen LogP contribution in [0.25, 0.3) is 0 Å². The van der Waals surface area contributed by atoms with Gasteiger partial charge in [0.15, 0.2) is 11.5 Å². The highest BCUT2D eigenvalue weighted by molar-refractivity contribution is 5.77. The van der Waals surface area contributed by atoms with Gasteiger partial charge in [0.25, 0.3) is 0 Å². The first-order valence-electron chi connectivity index (χ1n) is 18.3. The van der Waals surface area contributed by atoms with Crippen molar-refractivity contribution in [2.75, 3.05) is 26.7 Å². The van der Waals surface area contributed by atoms with E-state index in [2.05, 4.69) is 16.4 Å². The molecule has 0 unspecified atom stereocenters. The third-order valence-corrected chi connectivity index (χ3v) is 13.0. The average molecular weight is 605 g/mol. The maximum absolute atomic E-state index is 14.4. The van der Waals surface area contributed by atoms with E-state index >= 15 is 0 Å². The molecule has 4 aliphatic carbocycles. The van der Waals surface area contributed by atoms with Crippen LogP contribution in [0.15, 0.2) is 18.7 Å². The predicted octanol–water partition coefficient (Wildman–Crippen LogP) is 7.54. The summed E-state index contributed by atoms with van der Waals surface area (Å²) in [6, 6.07) is 2.19. The summed E-state index contributed by atoms with van der Waals surface area (Å²) in [5, 5.41) is 11.3. The van der Waals surface area contributed by atoms with Crippen LogP contribution in [-0.4, -0.2) is 65.7 Å². The molecule has 6 heteroatoms. The highest BCUT2D eigenvalue weighted by Gasteiger charge is 2.67. The molecule has 242 valence electrons. The molecule has 2 bridgehead atoms. The maximum Gasteiger partial charge on any atom is 0.222 e. The Labute approximate surface area is 265 Å². The number of rotatable bonds is 11. The third kappa shape index (κ3) is 5.25. The van der Waals surface area contributed by atoms with Gasteiger partial charge < -0.3 is 19.5 Å². The van der Waals surface area contributed by atoms with Crippen molar-refractivity contribution in [1.82, 2.24) is 9.80 Å². The fourth-order valence-corrected chi connectivity index (χ4v) is 10.9. The number of amides is 1. The van der Waals surface area contributed by atoms with Gasteiger partial charge in [0.2, 0.25) is 5.91 Å². The van der Waals surface area contributed by atoms with Gasteiger partial charge in [-0.05, 0) is 69.2 Å². The number of methoxy groups -OCH3 is 1. The molecule has 6 aliphatic rings. The van der Waals surface area contributed by atoms with E-state index in [9.17, 15) is 9.90 Å². The second-order valence-electron chi connectivity index (χ2n) is 15.2. The lowest BCUT2D eigenvalue weighted by atomic mass is 9.50. The van der Waals surface area contributed by atoms with E-state index < -0.39 is 0 Å². The molecule has 1 N–H and O–H groups in total. The number of aromatic hydroxyl groups is 1. The predicted molar refractivity (Wildman–Crippen MR) is 174 cm³/mol. The Kier molecular flexibility index (Phi) is 8.92. The standard InChI is InChI=1S/C38H56N2O4/c1-3-21-39-22-20-38-29-18-19-30(37(38)44-36-33(43-2)24-32(41)28(35(36)38)23-31(29)39)40(25-27-15-8-5-9-16-27)34(42)17-11-10-14-26-12-6-4-7-13-26/h3,24,26-27,29-31,37,41H,1,4-23,25H2,2H3/t29-,30-,31+,37-,38-/m0/s1. The van der Waals surface area contributed by atoms with Gasteiger partial charge in [0, 0.05) is 48.2 Å². The highest BCUT2D eigenvalue weighted by atomic mass is 16.5. The number of phenols is 1. The summed E-state index contributed by atoms with van der Waals surface area (Å²) in [4.78, 5) is 19.3. The molecule has 0 aromatic heterocycles. The summed E-state index contributed by atoms with van der Waals surface area (Å²) in [5.74, 6) is 4.09. The van der Waals surface area contributed by atoms with Crippen LogP contribution in [0.3, 0.4) is 0 Å². The van der Waals surface area contributed by atoms with E-state index in [0.717, 1.165) is 69.0 Å². The third-order valence-electron chi connectivity index (χ3n) is 13.0. The average Bonchev–Trinajstić information content (AvgIpc) is 3.39. The molecule has 1 spiro atoms. The number of likely N-dealkylation sites (tertiary alicyclic amines) is 1. The molecule has 5 atom stereocenters. The van der Waals surface area contributed by atoms with Gasteiger partial charge in [0.1, 0.15) is 11.9 Å². The molecule has 1 saturated heterocycles. The van der Waals surface area contributed by atoms with Gasteiger partial charge in [-0.3, -0.25) is 9.69 Å². The van der Waals surface area contributed by atoms with Crippen LogP contribution >= 0.6 is 0 Å². The van der Waals surface area contributed by atoms with Crippen LogP contribution in [0.4, 0.5) is 0 Å². The largest absolute Gasteiger partial charge is 0.508 e. The summed E-state index contributed by atoms with van der Waals surface area (Å²) in [6.45, 7) is 6.81. The lowest BCUT2D eigenvalue weighted by molar-refractivity contribution is -0.144. The van der Waals surface area contributed by atoms with Crippen LogP contribution in [0.5, 0.6) is 17.2 Å². The van der Waals surface area contributed by atoms with E-state index in [4.69, 9.17) is 9.47 Å². The van der Waals surface area contributed by atoms with E-state index in [0.29, 0.717) is 41.7 Å². The summed E-state index contributed by atoms with van der Waals surface area (Å²) in [7, 11) is 1.68. The van der Waals surface area contributed by atoms with Crippen LogP contribution in [-0.2, 0) is 16.6 Å². The smallest absolute Gasteiger partial charge is 0.222 e. The van der Waals surface area contributed by atoms with Crippen LogP contribution in [0, 0.1) is 17.8 Å². The number of piperidine rings is 1. The van der Waals surface area contributed by atoms with Crippen molar-refractivity contribution in [2.24, 2.45) is 17.8 Å². The van der Waals surface area contributed by atoms with Gasteiger partial charge in [-0.1, -0.05) is 70.3 Å². The molecule has 1 aromatic carbocycles. The number of benzene rings is 1. The molecule has 6 nitrogen and oxygen atoms in total. The van der Waals surface area contributed by atoms with Gasteiger partial charge in [-0.2, -0.15) is 0 Å². The summed E-state index contributed by atoms with van der Waals surface area (Å²) < 4.78 is 13.0. The second-order valence-corrected chi connectivity index (χ2v) is 15.2. The van der Waals surface area contributed by atoms with Crippen LogP contribution in [0.2, 0.25) is 0 Å². The number of ether oxygens (including phenoxy) is 2. The van der Waals surface area contributed by atoms with Gasteiger partial charge >= 0.3 is 0 Å². The Morgan fingerprint density at radius 3 is 2.57 bits per heavy atom. The summed E-state index contributed by atoms with van der Waals surface area (Å²) >= 11 is 0. The number of nitrogens with zero attached hydrogens (tertiary/aromatic N) is 2. The number of hydrogen-bond acceptors (Lipinski definition) is 5. The zero-order valence-corrected chi connectivity index (χ0v) is 27.2. The Balaban J connectivity index is 1.18. The molecular formula is C38H56N2O4. The highest BCUT2D eigenvalue weighted by Crippen LogP contribution is 2.65. The molecule has 4 fully saturated rings. The van der Waals surface area contributed by atoms with Crippen molar-refractivity contribution in [3.8, 4) is 17.2 Å². The van der Waals surface area contributed by atoms with Crippen LogP contribution in [0.1, 0.15) is 120 Å². The number of hydrogen-bond donors (Lipinski definition) is 1. The van der Waals surface area contributed by atoms with E-state index in [1.165, 1.54) is 82.6 Å². The Morgan fingerprint density at radius 1 is 1.09 bits per heavy atom. The molecule has 1 aromatic rings. The van der Waals surface area contributed by atoms with Crippen molar-refractivity contribution in [2.45, 2.75) is 139 Å². The lowest BCUT2D eigenvalue weighted by Crippen LogP contribution is -2.69. The van der Waals surface area contributed by atoms with Gasteiger partial charge in [-0.25, -0.2) is 0 Å². The maximum atomic E-state index is 14.4. The monoisotopic (exact) mass is 604 g/mol. The first-order chi connectivity index (χ1) is 21.5. The Bertz CT molecular complexity index is 1200. The summed E-state index contributed by atoms with van der Waals surface area (Å²) in [6.07, 6.45) is 23.3. The SMILES string of the molecule is C=CCN1CC[C@]23c4c5c(O)cc(OC)c4O[C@H]2[C@@H](N(CC2CCCCC2)C(=O)CCCCC2CCCCC2)CC[C@H]3[C@H]1C5. The minimum Gasteiger partial charge on any atom is -0.508 e. The number of phenolic OH excluding ortho intramolecular Hbond substituents is 1. The van der Waals surface area contributed by atoms with Crippen molar-refractivity contribution in [3.05, 3.63) is 29.8 Å². The van der Waals surface area contributed by atoms with Gasteiger partial charge in [-0.15, -0.1) is 6.58 Å². The zero-order valence-electron chi connectivity index (χ0n) is 27.2. The fourth-order valence-electron chi connectivity index (χ4n) is 10.9. The topological polar surface area (TPSA) is 62.2 Å². The minimum atomic E-state index is -0.188. The zero-order chi connectivity index (χ0) is 30.3. The number of carbonyl (C=O) groups is 1. The Morgan fingerprint density at radius 2 is 1.84 bits per heavy atom. The Hall–Kier alpha value is -2.21. The summed E-state index contributed by atoms with van der Waals surface area (Å²) in [5.41, 5.74) is 2.07. The minimum absolute atomic E-state index is 0.0656. The molecule has 1 amide bonds. The van der Waals surface area contributed by atoms with Crippen molar-refractivity contribution >= 4 is 5.91 Å². The molecule has 2 aliphatic heterocycles. The quantitative estimate of drug-likeness (QED) is 0.209. The molecule has 44 heavy (non-hydrogen) atoms. The second kappa shape index (κ2) is 12.9. The van der Waals surface area contributed by atoms with E-state index in [1.54, 1.807) is 13.2 Å². The van der Waals surface area contributed by atoms with Crippen molar-refractivity contribution in [3.63, 3.8) is 0 Å². The lowest BCUT2D eigenvalue weighted by Gasteiger charge is -2.60. The number of unbranched alkanes of at least 4 members (excludes halogenated alkanes) is 1. The molecule has 7 rings (SSSR count). The van der Waals surface area contributed by atoms with Crippen molar-refractivity contribution < 1.29 is 19.4 Å². The van der Waals surface area contributed by atoms with Gasteiger partial charge in [0.05, 0.1) is 13.2 Å². The van der Waals surface area contributed by atoms with E-state index in [1.807, 2.05) is 6.08 Å². The molecular weight excluding hydrogens is 548 g/mol. The first kappa shape index (κ1) is 30.4. The number of carbonyl (C=O) groups excluding carboxylic acids is 1. The molecule has 0 radical (unpaired) electrons. The molecule has 2 heterocycles. The fraction of sp³-hybridized carbons (Fsp3) is 0.763. The normalized spacial score (nSPS) is 31.7. The van der Waals surface area contributed by atoms with Crippen LogP contribution < -0.4 is 9.47 Å². The first-order valence-corrected chi connectivity index (χ1v) is 18.3. The van der Waals surface area contributed by atoms with E-state index in [-0.39, 0.29) is 17.6 Å².